The van der Waals surface area contributed by atoms with Crippen molar-refractivity contribution in [2.24, 2.45) is 0 Å². The van der Waals surface area contributed by atoms with E-state index in [1.807, 2.05) is 30.3 Å². The predicted molar refractivity (Wildman–Crippen MR) is 178 cm³/mol. The lowest BCUT2D eigenvalue weighted by Crippen LogP contribution is -2.21. The van der Waals surface area contributed by atoms with Crippen LogP contribution in [0.5, 0.6) is 0 Å². The Bertz CT molecular complexity index is 2450. The van der Waals surface area contributed by atoms with Gasteiger partial charge < -0.3 is 10.3 Å². The molecule has 0 unspecified atom stereocenters. The topological polar surface area (TPSA) is 158 Å². The van der Waals surface area contributed by atoms with Crippen LogP contribution in [-0.4, -0.2) is 50.7 Å². The van der Waals surface area contributed by atoms with Crippen LogP contribution in [0.3, 0.4) is 0 Å². The first-order valence-corrected chi connectivity index (χ1v) is 16.6. The molecule has 1 amide bonds. The number of para-hydroxylation sites is 1. The van der Waals surface area contributed by atoms with Crippen molar-refractivity contribution in [1.29, 1.82) is 0 Å². The number of H-pyrrole nitrogens is 2. The van der Waals surface area contributed by atoms with Crippen LogP contribution in [0, 0.1) is 11.6 Å². The molecule has 0 aliphatic rings. The molecular weight excluding hydrogens is 638 g/mol. The highest BCUT2D eigenvalue weighted by Crippen LogP contribution is 2.35. The zero-order chi connectivity index (χ0) is 33.4. The number of rotatable bonds is 9. The average Bonchev–Trinajstić information content (AvgIpc) is 3.69. The molecule has 0 atom stereocenters. The number of sulfonamides is 1. The molecule has 0 saturated heterocycles. The molecule has 0 saturated carbocycles. The van der Waals surface area contributed by atoms with Crippen LogP contribution in [0.15, 0.2) is 91.4 Å². The highest BCUT2D eigenvalue weighted by Gasteiger charge is 2.22. The normalized spacial score (nSPS) is 11.7. The number of aromatic amines is 2. The number of fused-ring (bicyclic) bond motifs is 2. The third-order valence-corrected chi connectivity index (χ3v) is 8.26. The molecule has 4 heterocycles. The third-order valence-electron chi connectivity index (χ3n) is 7.59. The number of benzene rings is 3. The molecule has 7 aromatic rings. The van der Waals surface area contributed by atoms with Gasteiger partial charge in [0.2, 0.25) is 15.9 Å². The van der Waals surface area contributed by atoms with E-state index in [1.54, 1.807) is 30.3 Å². The second-order valence-corrected chi connectivity index (χ2v) is 13.0. The highest BCUT2D eigenvalue weighted by atomic mass is 32.2. The van der Waals surface area contributed by atoms with Crippen LogP contribution in [0.4, 0.5) is 14.5 Å². The predicted octanol–water partition coefficient (Wildman–Crippen LogP) is 5.74. The number of nitrogens with one attached hydrogen (secondary N) is 4. The molecule has 14 heteroatoms. The van der Waals surface area contributed by atoms with E-state index in [4.69, 9.17) is 4.98 Å². The second kappa shape index (κ2) is 12.4. The Balaban J connectivity index is 1.22. The molecule has 3 aromatic carbocycles. The van der Waals surface area contributed by atoms with Gasteiger partial charge in [-0.15, -0.1) is 0 Å². The van der Waals surface area contributed by atoms with Crippen LogP contribution in [0.2, 0.25) is 0 Å². The maximum Gasteiger partial charge on any atom is 0.228 e. The van der Waals surface area contributed by atoms with E-state index in [1.165, 1.54) is 30.7 Å². The first-order valence-electron chi connectivity index (χ1n) is 14.7. The minimum Gasteiger partial charge on any atom is -0.337 e. The summed E-state index contributed by atoms with van der Waals surface area (Å²) in [6.07, 6.45) is 5.58. The largest absolute Gasteiger partial charge is 0.337 e. The molecule has 240 valence electrons. The van der Waals surface area contributed by atoms with Crippen molar-refractivity contribution >= 4 is 43.6 Å². The quantitative estimate of drug-likeness (QED) is 0.153. The van der Waals surface area contributed by atoms with E-state index >= 15 is 4.39 Å². The minimum absolute atomic E-state index is 0.00333. The number of halogens is 2. The number of nitrogens with zero attached hydrogens (tertiary/aromatic N) is 4. The van der Waals surface area contributed by atoms with Crippen molar-refractivity contribution in [3.05, 3.63) is 114 Å². The summed E-state index contributed by atoms with van der Waals surface area (Å²) >= 11 is 0. The fourth-order valence-electron chi connectivity index (χ4n) is 5.47. The van der Waals surface area contributed by atoms with E-state index in [9.17, 15) is 17.6 Å². The second-order valence-electron chi connectivity index (χ2n) is 11.2. The zero-order valence-electron chi connectivity index (χ0n) is 25.3. The molecule has 7 rings (SSSR count). The fourth-order valence-corrected chi connectivity index (χ4v) is 5.90. The summed E-state index contributed by atoms with van der Waals surface area (Å²) in [6.45, 7) is -0.0845. The monoisotopic (exact) mass is 664 g/mol. The number of hydrogen-bond donors (Lipinski definition) is 4. The van der Waals surface area contributed by atoms with Gasteiger partial charge in [-0.1, -0.05) is 42.5 Å². The highest BCUT2D eigenvalue weighted by molar-refractivity contribution is 7.88. The maximum atomic E-state index is 16.3. The van der Waals surface area contributed by atoms with Gasteiger partial charge in [0.15, 0.2) is 11.6 Å². The Morgan fingerprint density at radius 3 is 2.52 bits per heavy atom. The van der Waals surface area contributed by atoms with E-state index in [0.29, 0.717) is 44.5 Å². The standard InChI is InChI=1S/C34H26F2N8O3S/c1-48(46,47)39-15-20-10-21(13-23(35)11-20)25-8-5-9-26-32(25)42-34(41-26)33-29-27(43-44-33)18-38-31(30(29)36)22-14-24(17-37-16-22)40-28(45)12-19-6-3-2-4-7-19/h2-11,13-14,16-18,39H,12,15H2,1H3,(H,40,45)(H,41,42)(H,43,44). The summed E-state index contributed by atoms with van der Waals surface area (Å²) < 4.78 is 56.5. The van der Waals surface area contributed by atoms with Gasteiger partial charge in [0.1, 0.15) is 17.2 Å². The number of amides is 1. The average molecular weight is 665 g/mol. The maximum absolute atomic E-state index is 16.3. The molecular formula is C34H26F2N8O3S. The summed E-state index contributed by atoms with van der Waals surface area (Å²) in [5, 5.41) is 10.1. The van der Waals surface area contributed by atoms with Gasteiger partial charge in [-0.2, -0.15) is 5.10 Å². The third kappa shape index (κ3) is 6.38. The lowest BCUT2D eigenvalue weighted by atomic mass is 10.0. The molecule has 0 spiro atoms. The molecule has 4 aromatic heterocycles. The van der Waals surface area contributed by atoms with Crippen LogP contribution in [0.25, 0.3) is 55.8 Å². The van der Waals surface area contributed by atoms with Crippen molar-refractivity contribution in [2.75, 3.05) is 11.6 Å². The molecule has 11 nitrogen and oxygen atoms in total. The van der Waals surface area contributed by atoms with E-state index in [-0.39, 0.29) is 41.5 Å². The Kier molecular flexibility index (Phi) is 7.94. The summed E-state index contributed by atoms with van der Waals surface area (Å²) in [5.41, 5.74) is 4.69. The summed E-state index contributed by atoms with van der Waals surface area (Å²) in [5.74, 6) is -1.19. The van der Waals surface area contributed by atoms with Crippen molar-refractivity contribution in [3.63, 3.8) is 0 Å². The number of aromatic nitrogens is 6. The van der Waals surface area contributed by atoms with Gasteiger partial charge >= 0.3 is 0 Å². The number of anilines is 1. The molecule has 0 radical (unpaired) electrons. The van der Waals surface area contributed by atoms with E-state index < -0.39 is 21.7 Å². The number of carbonyl (C=O) groups is 1. The van der Waals surface area contributed by atoms with E-state index in [0.717, 1.165) is 11.8 Å². The molecule has 0 fully saturated rings. The smallest absolute Gasteiger partial charge is 0.228 e. The van der Waals surface area contributed by atoms with Crippen molar-refractivity contribution < 1.29 is 22.0 Å². The van der Waals surface area contributed by atoms with E-state index in [2.05, 4.69) is 35.2 Å². The van der Waals surface area contributed by atoms with Crippen molar-refractivity contribution in [3.8, 4) is 33.9 Å². The zero-order valence-corrected chi connectivity index (χ0v) is 26.1. The van der Waals surface area contributed by atoms with Crippen LogP contribution in [-0.2, 0) is 27.8 Å². The summed E-state index contributed by atoms with van der Waals surface area (Å²) in [4.78, 5) is 29.0. The molecule has 0 aliphatic heterocycles. The summed E-state index contributed by atoms with van der Waals surface area (Å²) in [7, 11) is -3.48. The van der Waals surface area contributed by atoms with Crippen molar-refractivity contribution in [1.82, 2.24) is 34.9 Å². The number of hydrogen-bond acceptors (Lipinski definition) is 7. The number of imidazole rings is 1. The first-order chi connectivity index (χ1) is 23.1. The Labute approximate surface area is 272 Å². The Morgan fingerprint density at radius 2 is 1.71 bits per heavy atom. The molecule has 0 aliphatic carbocycles. The SMILES string of the molecule is CS(=O)(=O)NCc1cc(F)cc(-c2cccc3[nH]c(-c4n[nH]c5cnc(-c6cncc(NC(=O)Cc7ccccc7)c6)c(F)c45)nc23)c1. The number of carbonyl (C=O) groups excluding carboxylic acids is 1. The minimum atomic E-state index is -3.48. The van der Waals surface area contributed by atoms with Gasteiger partial charge in [-0.05, 0) is 47.0 Å². The van der Waals surface area contributed by atoms with Gasteiger partial charge in [0, 0.05) is 23.9 Å². The molecule has 0 bridgehead atoms. The Hall–Kier alpha value is -5.86. The number of pyridine rings is 2. The van der Waals surface area contributed by atoms with Crippen LogP contribution in [0.1, 0.15) is 11.1 Å². The lowest BCUT2D eigenvalue weighted by Gasteiger charge is -2.08. The van der Waals surface area contributed by atoms with Crippen LogP contribution < -0.4 is 10.0 Å². The van der Waals surface area contributed by atoms with Gasteiger partial charge in [0.05, 0.1) is 52.7 Å². The fraction of sp³-hybridized carbons (Fsp3) is 0.0882. The Morgan fingerprint density at radius 1 is 0.875 bits per heavy atom. The van der Waals surface area contributed by atoms with Crippen molar-refractivity contribution in [2.45, 2.75) is 13.0 Å². The lowest BCUT2D eigenvalue weighted by molar-refractivity contribution is -0.115. The van der Waals surface area contributed by atoms with Gasteiger partial charge in [0.25, 0.3) is 0 Å². The molecule has 48 heavy (non-hydrogen) atoms. The van der Waals surface area contributed by atoms with Crippen LogP contribution >= 0.6 is 0 Å². The summed E-state index contributed by atoms with van der Waals surface area (Å²) in [6, 6.07) is 20.5. The molecule has 4 N–H and O–H groups in total. The van der Waals surface area contributed by atoms with Gasteiger partial charge in [-0.3, -0.25) is 19.9 Å². The van der Waals surface area contributed by atoms with Gasteiger partial charge in [-0.25, -0.2) is 26.9 Å². The first kappa shape index (κ1) is 30.8.